The number of rotatable bonds is 8. The first-order valence-corrected chi connectivity index (χ1v) is 11.7. The molecule has 0 unspecified atom stereocenters. The molecule has 0 spiro atoms. The van der Waals surface area contributed by atoms with Crippen LogP contribution >= 0.6 is 11.6 Å². The van der Waals surface area contributed by atoms with Crippen molar-refractivity contribution in [3.8, 4) is 5.75 Å². The minimum Gasteiger partial charge on any atom is -0.494 e. The van der Waals surface area contributed by atoms with Gasteiger partial charge in [-0.3, -0.25) is 19.9 Å². The second-order valence-electron chi connectivity index (χ2n) is 8.87. The minimum atomic E-state index is -2.71. The number of hydrogen-bond acceptors (Lipinski definition) is 8. The maximum Gasteiger partial charge on any atom is 0.412 e. The molecule has 0 atom stereocenters. The van der Waals surface area contributed by atoms with Gasteiger partial charge in [-0.1, -0.05) is 17.7 Å². The highest BCUT2D eigenvalue weighted by Gasteiger charge is 2.19. The van der Waals surface area contributed by atoms with Gasteiger partial charge >= 0.3 is 6.09 Å². The van der Waals surface area contributed by atoms with Crippen LogP contribution in [0.4, 0.5) is 21.9 Å². The van der Waals surface area contributed by atoms with Crippen LogP contribution in [0.15, 0.2) is 48.8 Å². The first-order valence-electron chi connectivity index (χ1n) is 12.8. The van der Waals surface area contributed by atoms with E-state index in [0.717, 1.165) is 6.20 Å². The molecule has 0 aliphatic carbocycles. The van der Waals surface area contributed by atoms with Crippen molar-refractivity contribution < 1.29 is 28.0 Å². The molecule has 38 heavy (non-hydrogen) atoms. The van der Waals surface area contributed by atoms with Crippen molar-refractivity contribution in [2.75, 3.05) is 24.7 Å². The summed E-state index contributed by atoms with van der Waals surface area (Å²) in [6.45, 7) is 2.63. The van der Waals surface area contributed by atoms with Gasteiger partial charge in [0.1, 0.15) is 10.8 Å². The van der Waals surface area contributed by atoms with Crippen molar-refractivity contribution in [3.05, 3.63) is 70.8 Å². The predicted molar refractivity (Wildman–Crippen MR) is 144 cm³/mol. The van der Waals surface area contributed by atoms with Crippen molar-refractivity contribution in [2.45, 2.75) is 32.9 Å². The highest BCUT2D eigenvalue weighted by Crippen LogP contribution is 2.33. The fraction of sp³-hybridized carbons (Fsp3) is 0.269. The van der Waals surface area contributed by atoms with E-state index in [2.05, 4.69) is 25.9 Å². The van der Waals surface area contributed by atoms with E-state index in [1.54, 1.807) is 51.1 Å². The normalized spacial score (nSPS) is 12.3. The average Bonchev–Trinajstić information content (AvgIpc) is 2.85. The molecule has 0 saturated carbocycles. The second-order valence-corrected chi connectivity index (χ2v) is 9.25. The Kier molecular flexibility index (Phi) is 7.73. The summed E-state index contributed by atoms with van der Waals surface area (Å²) in [5.74, 6) is -1.22. The smallest absolute Gasteiger partial charge is 0.412 e. The fourth-order valence-electron chi connectivity index (χ4n) is 3.25. The molecule has 2 heterocycles. The van der Waals surface area contributed by atoms with E-state index >= 15 is 0 Å². The van der Waals surface area contributed by atoms with E-state index in [1.165, 1.54) is 19.4 Å². The first kappa shape index (κ1) is 24.0. The number of aromatic nitrogens is 2. The van der Waals surface area contributed by atoms with Gasteiger partial charge in [-0.25, -0.2) is 9.78 Å². The zero-order valence-electron chi connectivity index (χ0n) is 24.1. The van der Waals surface area contributed by atoms with Crippen LogP contribution in [-0.4, -0.2) is 47.6 Å². The largest absolute Gasteiger partial charge is 0.494 e. The van der Waals surface area contributed by atoms with Gasteiger partial charge in [0.25, 0.3) is 11.8 Å². The Bertz CT molecular complexity index is 1430. The lowest BCUT2D eigenvalue weighted by molar-refractivity contribution is 0.0635. The van der Waals surface area contributed by atoms with E-state index < -0.39 is 30.5 Å². The minimum absolute atomic E-state index is 0.0469. The lowest BCUT2D eigenvalue weighted by atomic mass is 10.1. The monoisotopic (exact) mass is 543 g/mol. The molecule has 1 aromatic carbocycles. The summed E-state index contributed by atoms with van der Waals surface area (Å²) in [4.78, 5) is 45.6. The number of ether oxygens (including phenoxy) is 2. The van der Waals surface area contributed by atoms with Gasteiger partial charge in [0, 0.05) is 17.3 Å². The molecule has 2 aromatic heterocycles. The number of nitrogens with one attached hydrogen (secondary N) is 4. The lowest BCUT2D eigenvalue weighted by Gasteiger charge is -2.19. The van der Waals surface area contributed by atoms with Crippen LogP contribution in [0.2, 0.25) is 5.15 Å². The Balaban J connectivity index is 1.74. The second kappa shape index (κ2) is 12.2. The third-order valence-corrected chi connectivity index (χ3v) is 5.07. The third kappa shape index (κ3) is 7.56. The Hall–Kier alpha value is -4.38. The molecule has 0 aliphatic rings. The Morgan fingerprint density at radius 1 is 1.03 bits per heavy atom. The maximum absolute atomic E-state index is 13.1. The van der Waals surface area contributed by atoms with Crippen LogP contribution in [0.25, 0.3) is 0 Å². The summed E-state index contributed by atoms with van der Waals surface area (Å²) in [5.41, 5.74) is 0.855. The zero-order valence-corrected chi connectivity index (χ0v) is 21.9. The molecule has 12 heteroatoms. The van der Waals surface area contributed by atoms with Gasteiger partial charge in [-0.05, 0) is 51.1 Å². The molecular formula is C26H29ClN6O5. The van der Waals surface area contributed by atoms with Gasteiger partial charge in [0.15, 0.2) is 5.75 Å². The summed E-state index contributed by atoms with van der Waals surface area (Å²) in [6, 6.07) is 9.36. The number of nitrogens with zero attached hydrogens (tertiary/aromatic N) is 2. The number of anilines is 3. The van der Waals surface area contributed by atoms with E-state index in [9.17, 15) is 14.4 Å². The van der Waals surface area contributed by atoms with Gasteiger partial charge in [-0.15, -0.1) is 0 Å². The molecule has 3 aromatic rings. The van der Waals surface area contributed by atoms with Gasteiger partial charge in [0.05, 0.1) is 53.7 Å². The van der Waals surface area contributed by atoms with E-state index in [0.29, 0.717) is 17.1 Å². The standard InChI is InChI=1S/C26H29ClN6O5/c1-26(2,3)38-25(36)32-16-10-9-15(29-13-16)12-31-24(35)17-7-6-8-19(22(17)37-5)33-20-11-21(27)30-14-18(20)23(34)28-4/h6-11,13-14H,12H2,1-5H3,(H,28,34)(H,30,33)(H,31,35)(H,32,36)/i4D3. The number of amides is 3. The number of para-hydroxylation sites is 1. The lowest BCUT2D eigenvalue weighted by Crippen LogP contribution is -2.27. The SMILES string of the molecule is [2H]C([2H])([2H])NC(=O)c1cnc(Cl)cc1Nc1cccc(C(=O)NCc2ccc(NC(=O)OC(C)(C)C)cn2)c1OC. The van der Waals surface area contributed by atoms with E-state index in [4.69, 9.17) is 25.2 Å². The molecule has 0 saturated heterocycles. The van der Waals surface area contributed by atoms with E-state index in [-0.39, 0.29) is 34.3 Å². The van der Waals surface area contributed by atoms with Gasteiger partial charge < -0.3 is 25.4 Å². The summed E-state index contributed by atoms with van der Waals surface area (Å²) in [6.07, 6.45) is 1.96. The highest BCUT2D eigenvalue weighted by molar-refractivity contribution is 6.29. The quantitative estimate of drug-likeness (QED) is 0.304. The fourth-order valence-corrected chi connectivity index (χ4v) is 3.41. The number of carbonyl (C=O) groups is 3. The molecule has 3 rings (SSSR count). The molecule has 200 valence electrons. The topological polar surface area (TPSA) is 144 Å². The van der Waals surface area contributed by atoms with Crippen LogP contribution in [0.5, 0.6) is 5.75 Å². The van der Waals surface area contributed by atoms with Crippen molar-refractivity contribution in [3.63, 3.8) is 0 Å². The van der Waals surface area contributed by atoms with Gasteiger partial charge in [0.2, 0.25) is 0 Å². The third-order valence-electron chi connectivity index (χ3n) is 4.86. The maximum atomic E-state index is 13.1. The Labute approximate surface area is 229 Å². The van der Waals surface area contributed by atoms with Crippen molar-refractivity contribution in [1.82, 2.24) is 20.6 Å². The summed E-state index contributed by atoms with van der Waals surface area (Å²) < 4.78 is 32.6. The molecule has 0 radical (unpaired) electrons. The molecule has 0 fully saturated rings. The van der Waals surface area contributed by atoms with E-state index in [1.807, 2.05) is 5.32 Å². The summed E-state index contributed by atoms with van der Waals surface area (Å²) in [5, 5.41) is 10.3. The highest BCUT2D eigenvalue weighted by atomic mass is 35.5. The van der Waals surface area contributed by atoms with Crippen LogP contribution in [-0.2, 0) is 11.3 Å². The van der Waals surface area contributed by atoms with Gasteiger partial charge in [-0.2, -0.15) is 0 Å². The molecular weight excluding hydrogens is 512 g/mol. The Morgan fingerprint density at radius 3 is 2.47 bits per heavy atom. The van der Waals surface area contributed by atoms with Crippen LogP contribution in [0.1, 0.15) is 51.3 Å². The molecule has 11 nitrogen and oxygen atoms in total. The number of hydrogen-bond donors (Lipinski definition) is 4. The van der Waals surface area contributed by atoms with Crippen LogP contribution in [0, 0.1) is 0 Å². The zero-order chi connectivity index (χ0) is 30.4. The number of halogens is 1. The van der Waals surface area contributed by atoms with Crippen LogP contribution < -0.4 is 26.0 Å². The average molecular weight is 544 g/mol. The molecule has 0 aliphatic heterocycles. The number of carbonyl (C=O) groups excluding carboxylic acids is 3. The molecule has 3 amide bonds. The number of pyridine rings is 2. The molecule has 0 bridgehead atoms. The van der Waals surface area contributed by atoms with Crippen LogP contribution in [0.3, 0.4) is 0 Å². The number of benzene rings is 1. The number of methoxy groups -OCH3 is 1. The first-order chi connectivity index (χ1) is 19.1. The predicted octanol–water partition coefficient (Wildman–Crippen LogP) is 4.52. The Morgan fingerprint density at radius 2 is 1.82 bits per heavy atom. The van der Waals surface area contributed by atoms with Crippen molar-refractivity contribution in [1.29, 1.82) is 0 Å². The van der Waals surface area contributed by atoms with Crippen molar-refractivity contribution in [2.24, 2.45) is 0 Å². The molecule has 4 N–H and O–H groups in total. The van der Waals surface area contributed by atoms with Crippen molar-refractivity contribution >= 4 is 46.6 Å². The summed E-state index contributed by atoms with van der Waals surface area (Å²) in [7, 11) is 1.37. The summed E-state index contributed by atoms with van der Waals surface area (Å²) >= 11 is 6.01.